The number of fused-ring (bicyclic) bond motifs is 1. The summed E-state index contributed by atoms with van der Waals surface area (Å²) in [7, 11) is 0. The number of nitrogens with one attached hydrogen (secondary N) is 3. The molecule has 5 rings (SSSR count). The third kappa shape index (κ3) is 6.09. The van der Waals surface area contributed by atoms with Crippen molar-refractivity contribution in [3.05, 3.63) is 41.9 Å². The number of amides is 2. The van der Waals surface area contributed by atoms with Gasteiger partial charge >= 0.3 is 6.03 Å². The Balaban J connectivity index is 1.12. The van der Waals surface area contributed by atoms with Gasteiger partial charge in [0.05, 0.1) is 6.33 Å². The van der Waals surface area contributed by atoms with E-state index in [-0.39, 0.29) is 11.4 Å². The van der Waals surface area contributed by atoms with E-state index < -0.39 is 24.5 Å². The number of ether oxygens (including phenoxy) is 1. The highest BCUT2D eigenvalue weighted by Gasteiger charge is 2.46. The number of carbonyl (C=O) groups is 1. The molecule has 1 aromatic carbocycles. The summed E-state index contributed by atoms with van der Waals surface area (Å²) < 4.78 is 7.88. The number of hydrogen-bond donors (Lipinski definition) is 6. The second-order valence-corrected chi connectivity index (χ2v) is 11.9. The second kappa shape index (κ2) is 11.7. The Morgan fingerprint density at radius 2 is 1.98 bits per heavy atom. The van der Waals surface area contributed by atoms with Crippen LogP contribution in [0.5, 0.6) is 0 Å². The van der Waals surface area contributed by atoms with Crippen molar-refractivity contribution in [1.29, 1.82) is 0 Å². The van der Waals surface area contributed by atoms with E-state index in [1.807, 2.05) is 24.3 Å². The molecule has 1 aliphatic carbocycles. The van der Waals surface area contributed by atoms with E-state index in [9.17, 15) is 15.0 Å². The third-order valence-corrected chi connectivity index (χ3v) is 8.07. The summed E-state index contributed by atoms with van der Waals surface area (Å²) >= 11 is 0. The van der Waals surface area contributed by atoms with E-state index in [2.05, 4.69) is 51.6 Å². The standard InChI is InChI=1S/C28H42N8O4/c1-28(2,3)17-8-10-18(11-9-17)34-27(39)30-12-5-13-35(19-6-4-7-19)14-20-22(37)23(38)26(40-20)36-16-33-21-24(29)31-15-32-25(21)36/h8-11,16,19-20,22-23,26,32,37-38H,4-7,12-15H2,1-3H3,(H2,29,31)(H2,30,34,39)/t20-,22-,23-,26-/m1/s1. The van der Waals surface area contributed by atoms with Crippen molar-refractivity contribution >= 4 is 23.4 Å². The van der Waals surface area contributed by atoms with Crippen LogP contribution in [0.2, 0.25) is 0 Å². The predicted molar refractivity (Wildman–Crippen MR) is 153 cm³/mol. The van der Waals surface area contributed by atoms with Gasteiger partial charge in [0.15, 0.2) is 6.23 Å². The molecule has 218 valence electrons. The smallest absolute Gasteiger partial charge is 0.319 e. The molecule has 12 nitrogen and oxygen atoms in total. The highest BCUT2D eigenvalue weighted by atomic mass is 16.6. The number of amidine groups is 1. The van der Waals surface area contributed by atoms with Gasteiger partial charge in [-0.15, -0.1) is 0 Å². The minimum atomic E-state index is -1.11. The molecular weight excluding hydrogens is 512 g/mol. The van der Waals surface area contributed by atoms with Crippen LogP contribution in [0.3, 0.4) is 0 Å². The molecule has 0 spiro atoms. The van der Waals surface area contributed by atoms with Crippen LogP contribution in [-0.2, 0) is 10.2 Å². The molecule has 2 aliphatic heterocycles. The van der Waals surface area contributed by atoms with Gasteiger partial charge in [-0.3, -0.25) is 9.47 Å². The Labute approximate surface area is 235 Å². The molecule has 12 heteroatoms. The summed E-state index contributed by atoms with van der Waals surface area (Å²) in [6.07, 6.45) is 2.12. The molecular formula is C28H42N8O4. The van der Waals surface area contributed by atoms with Gasteiger partial charge in [-0.25, -0.2) is 14.8 Å². The highest BCUT2D eigenvalue weighted by Crippen LogP contribution is 2.35. The van der Waals surface area contributed by atoms with Crippen LogP contribution in [0.15, 0.2) is 35.6 Å². The van der Waals surface area contributed by atoms with E-state index in [0.717, 1.165) is 31.5 Å². The molecule has 1 saturated heterocycles. The molecule has 4 atom stereocenters. The SMILES string of the molecule is CC(C)(C)c1ccc(NC(=O)NCCCN(C[C@H]2O[C@@H](n3cnc4c3NCN=C4N)[C@H](O)[C@@H]2O)C2CCC2)cc1. The van der Waals surface area contributed by atoms with E-state index >= 15 is 0 Å². The zero-order valence-electron chi connectivity index (χ0n) is 23.5. The number of carbonyl (C=O) groups excluding carboxylic acids is 1. The topological polar surface area (TPSA) is 162 Å². The van der Waals surface area contributed by atoms with Gasteiger partial charge in [-0.2, -0.15) is 0 Å². The van der Waals surface area contributed by atoms with Gasteiger partial charge < -0.3 is 36.6 Å². The molecule has 1 aromatic heterocycles. The van der Waals surface area contributed by atoms with E-state index in [0.29, 0.717) is 43.1 Å². The molecule has 7 N–H and O–H groups in total. The maximum atomic E-state index is 12.4. The summed E-state index contributed by atoms with van der Waals surface area (Å²) in [5.74, 6) is 0.948. The first-order chi connectivity index (χ1) is 19.1. The number of aliphatic hydroxyl groups excluding tert-OH is 2. The summed E-state index contributed by atoms with van der Waals surface area (Å²) in [6.45, 7) is 8.53. The molecule has 40 heavy (non-hydrogen) atoms. The highest BCUT2D eigenvalue weighted by molar-refractivity contribution is 6.01. The van der Waals surface area contributed by atoms with E-state index in [1.165, 1.54) is 12.0 Å². The number of rotatable bonds is 9. The average Bonchev–Trinajstić information content (AvgIpc) is 3.42. The van der Waals surface area contributed by atoms with Gasteiger partial charge in [0.2, 0.25) is 0 Å². The number of nitrogens with zero attached hydrogens (tertiary/aromatic N) is 4. The first-order valence-electron chi connectivity index (χ1n) is 14.1. The van der Waals surface area contributed by atoms with Crippen LogP contribution >= 0.6 is 0 Å². The van der Waals surface area contributed by atoms with Crippen LogP contribution in [0, 0.1) is 0 Å². The van der Waals surface area contributed by atoms with E-state index in [4.69, 9.17) is 10.5 Å². The second-order valence-electron chi connectivity index (χ2n) is 11.9. The zero-order valence-corrected chi connectivity index (χ0v) is 23.5. The van der Waals surface area contributed by atoms with Crippen molar-refractivity contribution in [3.8, 4) is 0 Å². The van der Waals surface area contributed by atoms with Crippen LogP contribution in [0.1, 0.15) is 63.9 Å². The first kappa shape index (κ1) is 28.3. The number of anilines is 2. The van der Waals surface area contributed by atoms with Gasteiger partial charge in [0.1, 0.15) is 42.3 Å². The lowest BCUT2D eigenvalue weighted by Crippen LogP contribution is -2.48. The molecule has 3 aliphatic rings. The van der Waals surface area contributed by atoms with Gasteiger partial charge in [-0.1, -0.05) is 39.3 Å². The predicted octanol–water partition coefficient (Wildman–Crippen LogP) is 1.95. The Bertz CT molecular complexity index is 1200. The zero-order chi connectivity index (χ0) is 28.4. The minimum absolute atomic E-state index is 0.0612. The van der Waals surface area contributed by atoms with Crippen molar-refractivity contribution in [1.82, 2.24) is 19.8 Å². The van der Waals surface area contributed by atoms with Crippen molar-refractivity contribution in [2.24, 2.45) is 10.7 Å². The lowest BCUT2D eigenvalue weighted by atomic mass is 9.87. The fraction of sp³-hybridized carbons (Fsp3) is 0.607. The Kier molecular flexibility index (Phi) is 8.31. The summed E-state index contributed by atoms with van der Waals surface area (Å²) in [5, 5.41) is 30.7. The number of hydrogen-bond acceptors (Lipinski definition) is 9. The normalized spacial score (nSPS) is 24.7. The fourth-order valence-corrected chi connectivity index (χ4v) is 5.42. The van der Waals surface area contributed by atoms with Crippen molar-refractivity contribution in [2.45, 2.75) is 82.5 Å². The quantitative estimate of drug-likeness (QED) is 0.256. The average molecular weight is 555 g/mol. The van der Waals surface area contributed by atoms with Gasteiger partial charge in [-0.05, 0) is 42.4 Å². The van der Waals surface area contributed by atoms with Crippen LogP contribution in [-0.4, -0.2) is 87.2 Å². The summed E-state index contributed by atoms with van der Waals surface area (Å²) in [6, 6.07) is 8.09. The first-order valence-corrected chi connectivity index (χ1v) is 14.1. The van der Waals surface area contributed by atoms with Crippen molar-refractivity contribution in [2.75, 3.05) is 36.9 Å². The Hall–Kier alpha value is -3.19. The number of imidazole rings is 1. The maximum absolute atomic E-state index is 12.4. The molecule has 2 amide bonds. The van der Waals surface area contributed by atoms with Crippen molar-refractivity contribution < 1.29 is 19.7 Å². The van der Waals surface area contributed by atoms with Crippen LogP contribution < -0.4 is 21.7 Å². The molecule has 0 radical (unpaired) electrons. The molecule has 2 aromatic rings. The monoisotopic (exact) mass is 554 g/mol. The van der Waals surface area contributed by atoms with Crippen molar-refractivity contribution in [3.63, 3.8) is 0 Å². The number of aromatic nitrogens is 2. The largest absolute Gasteiger partial charge is 0.387 e. The molecule has 0 bridgehead atoms. The number of aliphatic imine (C=N–C) groups is 1. The maximum Gasteiger partial charge on any atom is 0.319 e. The number of nitrogens with two attached hydrogens (primary N) is 1. The molecule has 2 fully saturated rings. The lowest BCUT2D eigenvalue weighted by Gasteiger charge is -2.39. The number of aliphatic hydroxyl groups is 2. The van der Waals surface area contributed by atoms with Gasteiger partial charge in [0.25, 0.3) is 0 Å². The molecule has 1 saturated carbocycles. The van der Waals surface area contributed by atoms with Gasteiger partial charge in [0, 0.05) is 31.4 Å². The molecule has 3 heterocycles. The lowest BCUT2D eigenvalue weighted by molar-refractivity contribution is -0.0527. The summed E-state index contributed by atoms with van der Waals surface area (Å²) in [4.78, 5) is 23.2. The van der Waals surface area contributed by atoms with E-state index in [1.54, 1.807) is 10.9 Å². The summed E-state index contributed by atoms with van der Waals surface area (Å²) in [5.41, 5.74) is 8.49. The Morgan fingerprint density at radius 3 is 2.65 bits per heavy atom. The van der Waals surface area contributed by atoms with Crippen LogP contribution in [0.25, 0.3) is 0 Å². The number of benzene rings is 1. The Morgan fingerprint density at radius 1 is 1.23 bits per heavy atom. The van der Waals surface area contributed by atoms with Crippen LogP contribution in [0.4, 0.5) is 16.3 Å². The third-order valence-electron chi connectivity index (χ3n) is 8.07. The minimum Gasteiger partial charge on any atom is -0.387 e. The fourth-order valence-electron chi connectivity index (χ4n) is 5.42. The molecule has 0 unspecified atom stereocenters. The number of urea groups is 1.